The largest absolute Gasteiger partial charge is 0.403 e. The van der Waals surface area contributed by atoms with Crippen LogP contribution in [0.25, 0.3) is 0 Å². The number of hydrogen-bond acceptors (Lipinski definition) is 1. The summed E-state index contributed by atoms with van der Waals surface area (Å²) in [6.07, 6.45) is -3.82. The lowest BCUT2D eigenvalue weighted by molar-refractivity contribution is -0.228. The summed E-state index contributed by atoms with van der Waals surface area (Å²) in [5.74, 6) is -1.01. The molecule has 15 heavy (non-hydrogen) atoms. The second-order valence-corrected chi connectivity index (χ2v) is 5.13. The third-order valence-corrected chi connectivity index (χ3v) is 4.73. The Bertz CT molecular complexity index is 340. The monoisotopic (exact) mass is 219 g/mol. The second kappa shape index (κ2) is 2.33. The van der Waals surface area contributed by atoms with Crippen molar-refractivity contribution in [2.24, 2.45) is 23.2 Å². The van der Waals surface area contributed by atoms with Gasteiger partial charge in [-0.15, -0.1) is 0 Å². The quantitative estimate of drug-likeness (QED) is 0.660. The summed E-state index contributed by atoms with van der Waals surface area (Å²) >= 11 is 0. The van der Waals surface area contributed by atoms with Gasteiger partial charge in [0.15, 0.2) is 0 Å². The van der Waals surface area contributed by atoms with Crippen molar-refractivity contribution in [2.75, 3.05) is 0 Å². The third-order valence-electron chi connectivity index (χ3n) is 4.73. The van der Waals surface area contributed by atoms with Crippen molar-refractivity contribution >= 4 is 5.91 Å². The van der Waals surface area contributed by atoms with Crippen LogP contribution in [0.1, 0.15) is 19.8 Å². The molecule has 84 valence electrons. The first kappa shape index (κ1) is 9.48. The van der Waals surface area contributed by atoms with Gasteiger partial charge in [0.1, 0.15) is 5.41 Å². The van der Waals surface area contributed by atoms with E-state index < -0.39 is 23.4 Å². The van der Waals surface area contributed by atoms with Gasteiger partial charge in [-0.3, -0.25) is 4.79 Å². The van der Waals surface area contributed by atoms with E-state index in [1.54, 1.807) is 0 Å². The summed E-state index contributed by atoms with van der Waals surface area (Å²) in [6, 6.07) is -0.238. The maximum Gasteiger partial charge on any atom is 0.403 e. The Kier molecular flexibility index (Phi) is 1.47. The normalized spacial score (nSPS) is 52.4. The highest BCUT2D eigenvalue weighted by molar-refractivity contribution is 5.88. The Morgan fingerprint density at radius 2 is 2.13 bits per heavy atom. The van der Waals surface area contributed by atoms with Gasteiger partial charge in [-0.1, -0.05) is 6.92 Å². The maximum absolute atomic E-state index is 13.0. The average molecular weight is 219 g/mol. The van der Waals surface area contributed by atoms with Crippen LogP contribution in [0.4, 0.5) is 13.2 Å². The Labute approximate surface area is 85.2 Å². The summed E-state index contributed by atoms with van der Waals surface area (Å²) in [7, 11) is 0. The molecule has 3 rings (SSSR count). The molecule has 5 atom stereocenters. The molecule has 0 aromatic rings. The van der Waals surface area contributed by atoms with Gasteiger partial charge in [0.05, 0.1) is 0 Å². The fourth-order valence-electron chi connectivity index (χ4n) is 3.92. The number of alkyl halides is 3. The molecule has 1 amide bonds. The molecule has 2 aliphatic carbocycles. The molecular formula is C10H12F3NO. The highest BCUT2D eigenvalue weighted by Crippen LogP contribution is 2.66. The van der Waals surface area contributed by atoms with E-state index in [0.717, 1.165) is 0 Å². The molecule has 3 aliphatic rings. The molecule has 1 saturated heterocycles. The molecule has 1 N–H and O–H groups in total. The minimum Gasteiger partial charge on any atom is -0.352 e. The Balaban J connectivity index is 2.10. The molecule has 0 spiro atoms. The smallest absolute Gasteiger partial charge is 0.352 e. The lowest BCUT2D eigenvalue weighted by atomic mass is 9.71. The average Bonchev–Trinajstić information content (AvgIpc) is 2.66. The van der Waals surface area contributed by atoms with E-state index in [1.165, 1.54) is 0 Å². The van der Waals surface area contributed by atoms with Crippen LogP contribution in [0.3, 0.4) is 0 Å². The molecule has 1 heterocycles. The van der Waals surface area contributed by atoms with E-state index in [2.05, 4.69) is 5.32 Å². The van der Waals surface area contributed by atoms with Crippen molar-refractivity contribution in [3.05, 3.63) is 0 Å². The molecule has 5 heteroatoms. The molecule has 0 aromatic carbocycles. The van der Waals surface area contributed by atoms with Gasteiger partial charge >= 0.3 is 6.18 Å². The molecule has 0 aromatic heterocycles. The summed E-state index contributed by atoms with van der Waals surface area (Å²) in [6.45, 7) is 1.95. The number of hydrogen-bond donors (Lipinski definition) is 1. The second-order valence-electron chi connectivity index (χ2n) is 5.13. The fourth-order valence-corrected chi connectivity index (χ4v) is 3.92. The molecular weight excluding hydrogens is 207 g/mol. The maximum atomic E-state index is 13.0. The number of nitrogens with one attached hydrogen (secondary N) is 1. The first-order chi connectivity index (χ1) is 6.88. The lowest BCUT2D eigenvalue weighted by Gasteiger charge is -2.34. The summed E-state index contributed by atoms with van der Waals surface area (Å²) in [4.78, 5) is 11.6. The number of rotatable bonds is 0. The van der Waals surface area contributed by atoms with Crippen molar-refractivity contribution in [2.45, 2.75) is 32.0 Å². The highest BCUT2D eigenvalue weighted by atomic mass is 19.4. The van der Waals surface area contributed by atoms with Crippen LogP contribution in [-0.2, 0) is 4.79 Å². The third kappa shape index (κ3) is 0.821. The zero-order valence-corrected chi connectivity index (χ0v) is 8.27. The Morgan fingerprint density at radius 1 is 1.47 bits per heavy atom. The van der Waals surface area contributed by atoms with E-state index in [4.69, 9.17) is 0 Å². The van der Waals surface area contributed by atoms with Crippen LogP contribution in [0.15, 0.2) is 0 Å². The number of amides is 1. The van der Waals surface area contributed by atoms with Gasteiger partial charge in [-0.2, -0.15) is 13.2 Å². The van der Waals surface area contributed by atoms with Crippen molar-refractivity contribution in [3.8, 4) is 0 Å². The van der Waals surface area contributed by atoms with Gasteiger partial charge < -0.3 is 5.32 Å². The Morgan fingerprint density at radius 3 is 2.67 bits per heavy atom. The highest BCUT2D eigenvalue weighted by Gasteiger charge is 2.77. The molecule has 2 bridgehead atoms. The first-order valence-corrected chi connectivity index (χ1v) is 5.25. The zero-order chi connectivity index (χ0) is 11.0. The summed E-state index contributed by atoms with van der Waals surface area (Å²) < 4.78 is 39.1. The number of carbonyl (C=O) groups excluding carboxylic acids is 1. The van der Waals surface area contributed by atoms with Crippen LogP contribution in [0.2, 0.25) is 0 Å². The van der Waals surface area contributed by atoms with Crippen LogP contribution >= 0.6 is 0 Å². The van der Waals surface area contributed by atoms with E-state index in [0.29, 0.717) is 6.42 Å². The summed E-state index contributed by atoms with van der Waals surface area (Å²) in [5.41, 5.74) is -2.05. The molecule has 3 fully saturated rings. The van der Waals surface area contributed by atoms with Crippen LogP contribution in [0, 0.1) is 23.2 Å². The minimum atomic E-state index is -4.38. The van der Waals surface area contributed by atoms with Crippen molar-refractivity contribution in [1.29, 1.82) is 0 Å². The van der Waals surface area contributed by atoms with Crippen molar-refractivity contribution in [3.63, 3.8) is 0 Å². The minimum absolute atomic E-state index is 0.00463. The van der Waals surface area contributed by atoms with Gasteiger partial charge in [-0.25, -0.2) is 0 Å². The standard InChI is InChI=1S/C10H12F3NO/c1-4-5-2-6-7(4)14-8(15)9(6,3-5)10(11,12)13/h4-7H,2-3H2,1H3,(H,14,15). The zero-order valence-electron chi connectivity index (χ0n) is 8.27. The fraction of sp³-hybridized carbons (Fsp3) is 0.900. The number of fused-ring (bicyclic) bond motifs is 1. The first-order valence-electron chi connectivity index (χ1n) is 5.25. The van der Waals surface area contributed by atoms with Gasteiger partial charge in [0.2, 0.25) is 5.91 Å². The Hall–Kier alpha value is -0.740. The predicted octanol–water partition coefficient (Wildman–Crippen LogP) is 1.71. The number of carbonyl (C=O) groups is 1. The van der Waals surface area contributed by atoms with E-state index >= 15 is 0 Å². The van der Waals surface area contributed by atoms with Gasteiger partial charge in [0.25, 0.3) is 0 Å². The molecule has 0 radical (unpaired) electrons. The predicted molar refractivity (Wildman–Crippen MR) is 45.8 cm³/mol. The SMILES string of the molecule is CC1C2CC3C1NC(=O)C3(C(F)(F)F)C2. The van der Waals surface area contributed by atoms with E-state index in [-0.39, 0.29) is 24.3 Å². The van der Waals surface area contributed by atoms with Gasteiger partial charge in [0, 0.05) is 12.0 Å². The van der Waals surface area contributed by atoms with E-state index in [9.17, 15) is 18.0 Å². The number of halogens is 3. The summed E-state index contributed by atoms with van der Waals surface area (Å²) in [5, 5.41) is 2.55. The van der Waals surface area contributed by atoms with Crippen molar-refractivity contribution < 1.29 is 18.0 Å². The molecule has 1 aliphatic heterocycles. The van der Waals surface area contributed by atoms with Gasteiger partial charge in [-0.05, 0) is 24.7 Å². The molecule has 2 saturated carbocycles. The van der Waals surface area contributed by atoms with Crippen LogP contribution in [-0.4, -0.2) is 18.1 Å². The molecule has 5 unspecified atom stereocenters. The van der Waals surface area contributed by atoms with Crippen LogP contribution < -0.4 is 5.32 Å². The van der Waals surface area contributed by atoms with Crippen molar-refractivity contribution in [1.82, 2.24) is 5.32 Å². The molecule has 2 nitrogen and oxygen atoms in total. The lowest BCUT2D eigenvalue weighted by Crippen LogP contribution is -2.46. The van der Waals surface area contributed by atoms with E-state index in [1.807, 2.05) is 6.92 Å². The van der Waals surface area contributed by atoms with Crippen LogP contribution in [0.5, 0.6) is 0 Å². The topological polar surface area (TPSA) is 29.1 Å².